The second-order valence-corrected chi connectivity index (χ2v) is 7.29. The number of nitrogens with zero attached hydrogens (tertiary/aromatic N) is 1. The molecule has 0 bridgehead atoms. The summed E-state index contributed by atoms with van der Waals surface area (Å²) in [7, 11) is 0. The number of hydrogen-bond acceptors (Lipinski definition) is 1. The molecule has 1 aliphatic carbocycles. The standard InChI is InChI=1S/C20H19F4N/c21-15-6-7-16(17(10-15)20(22,23)24)18-11-19(18)8-9-25(13-19)12-14-4-2-1-3-5-14/h1-7,10,18H,8-9,11-13H2/t18-,19-/m1/s1. The lowest BCUT2D eigenvalue weighted by Gasteiger charge is -2.18. The predicted octanol–water partition coefficient (Wildman–Crippen LogP) is 5.22. The molecule has 2 aliphatic rings. The number of halogens is 4. The highest BCUT2D eigenvalue weighted by Crippen LogP contribution is 2.65. The van der Waals surface area contributed by atoms with Gasteiger partial charge in [-0.3, -0.25) is 4.90 Å². The van der Waals surface area contributed by atoms with E-state index in [-0.39, 0.29) is 16.9 Å². The molecule has 2 aromatic carbocycles. The van der Waals surface area contributed by atoms with Gasteiger partial charge < -0.3 is 0 Å². The van der Waals surface area contributed by atoms with Gasteiger partial charge in [-0.2, -0.15) is 13.2 Å². The van der Waals surface area contributed by atoms with E-state index in [2.05, 4.69) is 17.0 Å². The van der Waals surface area contributed by atoms with E-state index >= 15 is 0 Å². The van der Waals surface area contributed by atoms with Crippen molar-refractivity contribution in [1.82, 2.24) is 4.90 Å². The Labute approximate surface area is 144 Å². The lowest BCUT2D eigenvalue weighted by atomic mass is 9.94. The topological polar surface area (TPSA) is 3.24 Å². The molecule has 2 aromatic rings. The molecule has 5 heteroatoms. The molecule has 0 unspecified atom stereocenters. The summed E-state index contributed by atoms with van der Waals surface area (Å²) in [6.07, 6.45) is -2.85. The third-order valence-electron chi connectivity index (χ3n) is 5.60. The largest absolute Gasteiger partial charge is 0.416 e. The van der Waals surface area contributed by atoms with E-state index in [1.807, 2.05) is 18.2 Å². The number of rotatable bonds is 3. The van der Waals surface area contributed by atoms with E-state index < -0.39 is 17.6 Å². The summed E-state index contributed by atoms with van der Waals surface area (Å²) in [4.78, 5) is 2.31. The summed E-state index contributed by atoms with van der Waals surface area (Å²) in [5, 5.41) is 0. The first-order valence-electron chi connectivity index (χ1n) is 8.50. The maximum absolute atomic E-state index is 13.3. The summed E-state index contributed by atoms with van der Waals surface area (Å²) in [5.41, 5.74) is 0.591. The van der Waals surface area contributed by atoms with Gasteiger partial charge in [0.25, 0.3) is 0 Å². The van der Waals surface area contributed by atoms with Crippen molar-refractivity contribution < 1.29 is 17.6 Å². The molecule has 4 rings (SSSR count). The highest BCUT2D eigenvalue weighted by molar-refractivity contribution is 5.40. The van der Waals surface area contributed by atoms with Crippen LogP contribution in [0.3, 0.4) is 0 Å². The SMILES string of the molecule is Fc1ccc([C@H]2C[C@@]23CCN(Cc2ccccc2)C3)c(C(F)(F)F)c1. The van der Waals surface area contributed by atoms with E-state index in [9.17, 15) is 17.6 Å². The van der Waals surface area contributed by atoms with E-state index in [4.69, 9.17) is 0 Å². The Hall–Kier alpha value is -1.88. The third-order valence-corrected chi connectivity index (χ3v) is 5.60. The molecule has 0 N–H and O–H groups in total. The first-order chi connectivity index (χ1) is 11.9. The summed E-state index contributed by atoms with van der Waals surface area (Å²) >= 11 is 0. The van der Waals surface area contributed by atoms with E-state index in [0.717, 1.165) is 38.5 Å². The minimum absolute atomic E-state index is 0.0768. The van der Waals surface area contributed by atoms with Gasteiger partial charge in [0.15, 0.2) is 0 Å². The second-order valence-electron chi connectivity index (χ2n) is 7.29. The molecule has 1 saturated carbocycles. The maximum atomic E-state index is 13.3. The Balaban J connectivity index is 1.51. The Bertz CT molecular complexity index is 771. The molecular formula is C20H19F4N. The number of hydrogen-bond donors (Lipinski definition) is 0. The molecule has 1 spiro atoms. The van der Waals surface area contributed by atoms with Crippen molar-refractivity contribution in [2.75, 3.05) is 13.1 Å². The highest BCUT2D eigenvalue weighted by atomic mass is 19.4. The van der Waals surface area contributed by atoms with Crippen molar-refractivity contribution >= 4 is 0 Å². The van der Waals surface area contributed by atoms with Gasteiger partial charge in [-0.25, -0.2) is 4.39 Å². The van der Waals surface area contributed by atoms with Crippen LogP contribution in [-0.4, -0.2) is 18.0 Å². The van der Waals surface area contributed by atoms with Crippen LogP contribution in [0.15, 0.2) is 48.5 Å². The zero-order valence-electron chi connectivity index (χ0n) is 13.7. The molecule has 2 fully saturated rings. The Morgan fingerprint density at radius 3 is 2.56 bits per heavy atom. The van der Waals surface area contributed by atoms with Gasteiger partial charge in [0, 0.05) is 13.1 Å². The minimum Gasteiger partial charge on any atom is -0.298 e. The summed E-state index contributed by atoms with van der Waals surface area (Å²) < 4.78 is 53.2. The van der Waals surface area contributed by atoms with Gasteiger partial charge >= 0.3 is 6.18 Å². The van der Waals surface area contributed by atoms with Crippen molar-refractivity contribution in [1.29, 1.82) is 0 Å². The molecular weight excluding hydrogens is 330 g/mol. The molecule has 1 saturated heterocycles. The molecule has 1 nitrogen and oxygen atoms in total. The zero-order chi connectivity index (χ0) is 17.7. The van der Waals surface area contributed by atoms with Gasteiger partial charge in [0.1, 0.15) is 5.82 Å². The van der Waals surface area contributed by atoms with Crippen molar-refractivity contribution in [3.05, 3.63) is 71.0 Å². The Kier molecular flexibility index (Phi) is 3.87. The number of benzene rings is 2. The maximum Gasteiger partial charge on any atom is 0.416 e. The highest BCUT2D eigenvalue weighted by Gasteiger charge is 2.59. The van der Waals surface area contributed by atoms with E-state index in [1.165, 1.54) is 11.6 Å². The van der Waals surface area contributed by atoms with Crippen LogP contribution in [0.5, 0.6) is 0 Å². The number of likely N-dealkylation sites (tertiary alicyclic amines) is 1. The first-order valence-corrected chi connectivity index (χ1v) is 8.50. The van der Waals surface area contributed by atoms with Crippen LogP contribution < -0.4 is 0 Å². The van der Waals surface area contributed by atoms with Crippen LogP contribution in [0.25, 0.3) is 0 Å². The Morgan fingerprint density at radius 2 is 1.84 bits per heavy atom. The zero-order valence-corrected chi connectivity index (χ0v) is 13.7. The van der Waals surface area contributed by atoms with Gasteiger partial charge in [-0.1, -0.05) is 36.4 Å². The van der Waals surface area contributed by atoms with Gasteiger partial charge in [0.2, 0.25) is 0 Å². The van der Waals surface area contributed by atoms with Crippen molar-refractivity contribution in [2.45, 2.75) is 31.5 Å². The quantitative estimate of drug-likeness (QED) is 0.687. The lowest BCUT2D eigenvalue weighted by Crippen LogP contribution is -2.21. The fourth-order valence-electron chi connectivity index (χ4n) is 4.28. The average molecular weight is 349 g/mol. The molecule has 132 valence electrons. The smallest absolute Gasteiger partial charge is 0.298 e. The molecule has 25 heavy (non-hydrogen) atoms. The van der Waals surface area contributed by atoms with Gasteiger partial charge in [0.05, 0.1) is 5.56 Å². The van der Waals surface area contributed by atoms with E-state index in [0.29, 0.717) is 6.07 Å². The first kappa shape index (κ1) is 16.6. The predicted molar refractivity (Wildman–Crippen MR) is 87.5 cm³/mol. The summed E-state index contributed by atoms with van der Waals surface area (Å²) in [6.45, 7) is 2.53. The number of alkyl halides is 3. The summed E-state index contributed by atoms with van der Waals surface area (Å²) in [6, 6.07) is 13.2. The normalized spacial score (nSPS) is 26.3. The second kappa shape index (κ2) is 5.84. The summed E-state index contributed by atoms with van der Waals surface area (Å²) in [5.74, 6) is -0.951. The minimum atomic E-state index is -4.51. The fourth-order valence-corrected chi connectivity index (χ4v) is 4.28. The van der Waals surface area contributed by atoms with Crippen LogP contribution in [0.1, 0.15) is 35.4 Å². The van der Waals surface area contributed by atoms with Crippen LogP contribution in [0, 0.1) is 11.2 Å². The van der Waals surface area contributed by atoms with Crippen LogP contribution in [0.4, 0.5) is 17.6 Å². The van der Waals surface area contributed by atoms with Gasteiger partial charge in [-0.15, -0.1) is 0 Å². The molecule has 1 heterocycles. The van der Waals surface area contributed by atoms with Gasteiger partial charge in [-0.05, 0) is 54.0 Å². The molecule has 2 atom stereocenters. The monoisotopic (exact) mass is 349 g/mol. The van der Waals surface area contributed by atoms with Crippen LogP contribution in [-0.2, 0) is 12.7 Å². The molecule has 0 radical (unpaired) electrons. The average Bonchev–Trinajstić information content (AvgIpc) is 3.11. The third kappa shape index (κ3) is 3.17. The van der Waals surface area contributed by atoms with Crippen molar-refractivity contribution in [3.8, 4) is 0 Å². The molecule has 1 aliphatic heterocycles. The van der Waals surface area contributed by atoms with Crippen LogP contribution >= 0.6 is 0 Å². The Morgan fingerprint density at radius 1 is 1.08 bits per heavy atom. The van der Waals surface area contributed by atoms with E-state index in [1.54, 1.807) is 0 Å². The lowest BCUT2D eigenvalue weighted by molar-refractivity contribution is -0.138. The van der Waals surface area contributed by atoms with Crippen molar-refractivity contribution in [3.63, 3.8) is 0 Å². The fraction of sp³-hybridized carbons (Fsp3) is 0.400. The van der Waals surface area contributed by atoms with Crippen LogP contribution in [0.2, 0.25) is 0 Å². The molecule has 0 aromatic heterocycles. The van der Waals surface area contributed by atoms with Crippen molar-refractivity contribution in [2.24, 2.45) is 5.41 Å². The molecule has 0 amide bonds.